The van der Waals surface area contributed by atoms with E-state index >= 15 is 0 Å². The Bertz CT molecular complexity index is 451. The molecule has 19 heavy (non-hydrogen) atoms. The van der Waals surface area contributed by atoms with Crippen LogP contribution in [0.2, 0.25) is 0 Å². The standard InChI is InChI=1S/C13H21NO4S/c15-13(12-5-2-7-18-12)14-6-8-19(16,17)9-11(14)10-3-1-4-10/h10-12H,1-9H2/t11?,12-/m1/s1. The molecule has 0 aromatic heterocycles. The van der Waals surface area contributed by atoms with E-state index in [1.54, 1.807) is 4.90 Å². The minimum absolute atomic E-state index is 0.0179. The Morgan fingerprint density at radius 3 is 2.53 bits per heavy atom. The number of amides is 1. The molecule has 1 amide bonds. The molecule has 6 heteroatoms. The number of carbonyl (C=O) groups excluding carboxylic acids is 1. The zero-order chi connectivity index (χ0) is 13.5. The predicted molar refractivity (Wildman–Crippen MR) is 70.5 cm³/mol. The van der Waals surface area contributed by atoms with Crippen LogP contribution in [0.1, 0.15) is 32.1 Å². The normalized spacial score (nSPS) is 35.1. The summed E-state index contributed by atoms with van der Waals surface area (Å²) in [4.78, 5) is 14.3. The molecule has 0 N–H and O–H groups in total. The average Bonchev–Trinajstić information content (AvgIpc) is 2.78. The molecule has 2 heterocycles. The molecular weight excluding hydrogens is 266 g/mol. The van der Waals surface area contributed by atoms with Crippen molar-refractivity contribution < 1.29 is 17.9 Å². The van der Waals surface area contributed by atoms with E-state index in [1.165, 1.54) is 0 Å². The Morgan fingerprint density at radius 1 is 1.16 bits per heavy atom. The second-order valence-corrected chi connectivity index (χ2v) is 8.13. The van der Waals surface area contributed by atoms with Crippen molar-refractivity contribution in [2.24, 2.45) is 5.92 Å². The summed E-state index contributed by atoms with van der Waals surface area (Å²) in [6, 6.07) is -0.107. The van der Waals surface area contributed by atoms with E-state index in [1.807, 2.05) is 0 Å². The number of sulfone groups is 1. The Hall–Kier alpha value is -0.620. The van der Waals surface area contributed by atoms with Crippen LogP contribution < -0.4 is 0 Å². The summed E-state index contributed by atoms with van der Waals surface area (Å²) in [5.74, 6) is 0.648. The van der Waals surface area contributed by atoms with Gasteiger partial charge in [0.2, 0.25) is 0 Å². The van der Waals surface area contributed by atoms with Crippen molar-refractivity contribution in [3.63, 3.8) is 0 Å². The first kappa shape index (κ1) is 13.4. The molecule has 3 fully saturated rings. The maximum Gasteiger partial charge on any atom is 0.252 e. The molecule has 0 bridgehead atoms. The van der Waals surface area contributed by atoms with Crippen LogP contribution in [0.4, 0.5) is 0 Å². The van der Waals surface area contributed by atoms with E-state index in [9.17, 15) is 13.2 Å². The van der Waals surface area contributed by atoms with E-state index in [4.69, 9.17) is 4.74 Å². The van der Waals surface area contributed by atoms with Crippen molar-refractivity contribution in [1.29, 1.82) is 0 Å². The van der Waals surface area contributed by atoms with Crippen molar-refractivity contribution in [2.45, 2.75) is 44.2 Å². The number of hydrogen-bond acceptors (Lipinski definition) is 4. The second-order valence-electron chi connectivity index (χ2n) is 5.91. The predicted octanol–water partition coefficient (Wildman–Crippen LogP) is 0.591. The van der Waals surface area contributed by atoms with Crippen LogP contribution in [0, 0.1) is 5.92 Å². The molecule has 108 valence electrons. The smallest absolute Gasteiger partial charge is 0.252 e. The molecule has 0 aromatic carbocycles. The molecule has 5 nitrogen and oxygen atoms in total. The Kier molecular flexibility index (Phi) is 3.55. The second kappa shape index (κ2) is 5.05. The Morgan fingerprint density at radius 2 is 1.95 bits per heavy atom. The van der Waals surface area contributed by atoms with E-state index in [0.29, 0.717) is 19.1 Å². The molecule has 3 rings (SSSR count). The lowest BCUT2D eigenvalue weighted by atomic mass is 9.79. The molecule has 3 aliphatic rings. The first-order chi connectivity index (χ1) is 9.07. The third-order valence-corrected chi connectivity index (χ3v) is 6.30. The first-order valence-electron chi connectivity index (χ1n) is 7.19. The minimum atomic E-state index is -2.98. The quantitative estimate of drug-likeness (QED) is 0.746. The van der Waals surface area contributed by atoms with Gasteiger partial charge in [-0.1, -0.05) is 6.42 Å². The molecule has 0 aromatic rings. The summed E-state index contributed by atoms with van der Waals surface area (Å²) >= 11 is 0. The molecule has 0 spiro atoms. The van der Waals surface area contributed by atoms with E-state index in [2.05, 4.69) is 0 Å². The maximum atomic E-state index is 12.5. The zero-order valence-corrected chi connectivity index (χ0v) is 11.9. The number of nitrogens with zero attached hydrogens (tertiary/aromatic N) is 1. The van der Waals surface area contributed by atoms with Gasteiger partial charge in [-0.05, 0) is 31.6 Å². The van der Waals surface area contributed by atoms with Gasteiger partial charge in [-0.2, -0.15) is 0 Å². The van der Waals surface area contributed by atoms with Crippen molar-refractivity contribution in [2.75, 3.05) is 24.7 Å². The van der Waals surface area contributed by atoms with Gasteiger partial charge in [0.25, 0.3) is 5.91 Å². The topological polar surface area (TPSA) is 63.7 Å². The molecule has 2 aliphatic heterocycles. The van der Waals surface area contributed by atoms with Gasteiger partial charge < -0.3 is 9.64 Å². The fourth-order valence-electron chi connectivity index (χ4n) is 3.28. The van der Waals surface area contributed by atoms with Gasteiger partial charge in [0.15, 0.2) is 9.84 Å². The third kappa shape index (κ3) is 2.65. The highest BCUT2D eigenvalue weighted by Crippen LogP contribution is 2.35. The fourth-order valence-corrected chi connectivity index (χ4v) is 4.90. The van der Waals surface area contributed by atoms with Crippen LogP contribution in [0.3, 0.4) is 0 Å². The van der Waals surface area contributed by atoms with Crippen molar-refractivity contribution in [3.05, 3.63) is 0 Å². The summed E-state index contributed by atoms with van der Waals surface area (Å²) in [7, 11) is -2.98. The molecule has 1 unspecified atom stereocenters. The Labute approximate surface area is 114 Å². The first-order valence-corrected chi connectivity index (χ1v) is 9.01. The largest absolute Gasteiger partial charge is 0.368 e. The highest BCUT2D eigenvalue weighted by molar-refractivity contribution is 7.91. The molecular formula is C13H21NO4S. The lowest BCUT2D eigenvalue weighted by Crippen LogP contribution is -2.57. The maximum absolute atomic E-state index is 12.5. The zero-order valence-electron chi connectivity index (χ0n) is 11.1. The van der Waals surface area contributed by atoms with E-state index in [-0.39, 0.29) is 29.6 Å². The highest BCUT2D eigenvalue weighted by Gasteiger charge is 2.42. The molecule has 1 aliphatic carbocycles. The SMILES string of the molecule is O=C([C@H]1CCCO1)N1CCS(=O)(=O)CC1C1CCC1. The van der Waals surface area contributed by atoms with Crippen molar-refractivity contribution >= 4 is 15.7 Å². The van der Waals surface area contributed by atoms with Crippen LogP contribution in [0.15, 0.2) is 0 Å². The summed E-state index contributed by atoms with van der Waals surface area (Å²) in [6.07, 6.45) is 4.63. The number of carbonyl (C=O) groups is 1. The summed E-state index contributed by atoms with van der Waals surface area (Å²) < 4.78 is 29.1. The van der Waals surface area contributed by atoms with Crippen LogP contribution in [0.5, 0.6) is 0 Å². The number of hydrogen-bond donors (Lipinski definition) is 0. The van der Waals surface area contributed by atoms with Gasteiger partial charge in [-0.3, -0.25) is 4.79 Å². The molecule has 0 radical (unpaired) electrons. The monoisotopic (exact) mass is 287 g/mol. The Balaban J connectivity index is 1.75. The van der Waals surface area contributed by atoms with Crippen molar-refractivity contribution in [3.8, 4) is 0 Å². The van der Waals surface area contributed by atoms with Gasteiger partial charge in [0, 0.05) is 19.2 Å². The van der Waals surface area contributed by atoms with Crippen LogP contribution in [0.25, 0.3) is 0 Å². The lowest BCUT2D eigenvalue weighted by molar-refractivity contribution is -0.144. The minimum Gasteiger partial charge on any atom is -0.368 e. The summed E-state index contributed by atoms with van der Waals surface area (Å²) in [5.41, 5.74) is 0. The van der Waals surface area contributed by atoms with Crippen LogP contribution in [-0.4, -0.2) is 56.0 Å². The lowest BCUT2D eigenvalue weighted by Gasteiger charge is -2.44. The van der Waals surface area contributed by atoms with Crippen LogP contribution >= 0.6 is 0 Å². The third-order valence-electron chi connectivity index (χ3n) is 4.65. The van der Waals surface area contributed by atoms with E-state index in [0.717, 1.165) is 32.1 Å². The average molecular weight is 287 g/mol. The molecule has 2 atom stereocenters. The van der Waals surface area contributed by atoms with Gasteiger partial charge >= 0.3 is 0 Å². The number of rotatable bonds is 2. The fraction of sp³-hybridized carbons (Fsp3) is 0.923. The van der Waals surface area contributed by atoms with Gasteiger partial charge in [-0.25, -0.2) is 8.42 Å². The van der Waals surface area contributed by atoms with Crippen molar-refractivity contribution in [1.82, 2.24) is 4.90 Å². The van der Waals surface area contributed by atoms with Crippen LogP contribution in [-0.2, 0) is 19.4 Å². The van der Waals surface area contributed by atoms with Gasteiger partial charge in [0.05, 0.1) is 11.5 Å². The summed E-state index contributed by atoms with van der Waals surface area (Å²) in [5, 5.41) is 0. The van der Waals surface area contributed by atoms with E-state index < -0.39 is 9.84 Å². The van der Waals surface area contributed by atoms with Gasteiger partial charge in [-0.15, -0.1) is 0 Å². The molecule has 2 saturated heterocycles. The van der Waals surface area contributed by atoms with Gasteiger partial charge in [0.1, 0.15) is 6.10 Å². The molecule has 1 saturated carbocycles. The highest BCUT2D eigenvalue weighted by atomic mass is 32.2. The summed E-state index contributed by atoms with van der Waals surface area (Å²) in [6.45, 7) is 0.999. The number of ether oxygens (including phenoxy) is 1.